The molecule has 1 aromatic rings. The predicted molar refractivity (Wildman–Crippen MR) is 54.1 cm³/mol. The highest BCUT2D eigenvalue weighted by molar-refractivity contribution is 5.96. The molecule has 5 N–H and O–H groups in total. The number of rotatable bonds is 2. The molecule has 0 saturated carbocycles. The average Bonchev–Trinajstić information content (AvgIpc) is 2.08. The second-order valence-electron chi connectivity index (χ2n) is 3.35. The van der Waals surface area contributed by atoms with Gasteiger partial charge in [0.2, 0.25) is 0 Å². The molecule has 5 nitrogen and oxygen atoms in total. The smallest absolute Gasteiger partial charge is 0.338 e. The molecule has 1 heterocycles. The fourth-order valence-corrected chi connectivity index (χ4v) is 1.07. The van der Waals surface area contributed by atoms with Crippen LogP contribution in [0.1, 0.15) is 35.8 Å². The molecule has 0 unspecified atom stereocenters. The van der Waals surface area contributed by atoms with Gasteiger partial charge in [-0.3, -0.25) is 0 Å². The minimum absolute atomic E-state index is 0.0150. The van der Waals surface area contributed by atoms with Gasteiger partial charge < -0.3 is 16.6 Å². The van der Waals surface area contributed by atoms with Crippen LogP contribution in [0.15, 0.2) is 6.07 Å². The molecule has 0 aliphatic heterocycles. The maximum absolute atomic E-state index is 10.8. The van der Waals surface area contributed by atoms with E-state index in [9.17, 15) is 4.79 Å². The fraction of sp³-hybridized carbons (Fsp3) is 0.333. The average molecular weight is 195 g/mol. The van der Waals surface area contributed by atoms with Crippen LogP contribution >= 0.6 is 0 Å². The number of nitrogens with zero attached hydrogens (tertiary/aromatic N) is 1. The van der Waals surface area contributed by atoms with E-state index >= 15 is 0 Å². The van der Waals surface area contributed by atoms with E-state index < -0.39 is 5.97 Å². The summed E-state index contributed by atoms with van der Waals surface area (Å²) < 4.78 is 0. The number of anilines is 2. The number of pyridine rings is 1. The summed E-state index contributed by atoms with van der Waals surface area (Å²) in [5.74, 6) is -0.886. The minimum atomic E-state index is -1.08. The molecule has 0 bridgehead atoms. The van der Waals surface area contributed by atoms with E-state index in [1.807, 2.05) is 13.8 Å². The lowest BCUT2D eigenvalue weighted by Crippen LogP contribution is -2.10. The lowest BCUT2D eigenvalue weighted by atomic mass is 10.1. The van der Waals surface area contributed by atoms with Gasteiger partial charge in [0.25, 0.3) is 0 Å². The zero-order valence-electron chi connectivity index (χ0n) is 8.11. The summed E-state index contributed by atoms with van der Waals surface area (Å²) in [6, 6.07) is 1.46. The molecule has 1 rings (SSSR count). The zero-order chi connectivity index (χ0) is 10.9. The summed E-state index contributed by atoms with van der Waals surface area (Å²) in [6.45, 7) is 3.81. The molecule has 5 heteroatoms. The first kappa shape index (κ1) is 10.3. The molecule has 0 atom stereocenters. The fourth-order valence-electron chi connectivity index (χ4n) is 1.07. The van der Waals surface area contributed by atoms with Crippen molar-refractivity contribution in [2.24, 2.45) is 0 Å². The Morgan fingerprint density at radius 2 is 2.07 bits per heavy atom. The van der Waals surface area contributed by atoms with Crippen LogP contribution in [0.5, 0.6) is 0 Å². The number of carbonyl (C=O) groups is 1. The first-order valence-corrected chi connectivity index (χ1v) is 4.22. The van der Waals surface area contributed by atoms with Gasteiger partial charge >= 0.3 is 5.97 Å². The molecule has 1 aromatic heterocycles. The SMILES string of the molecule is CC(C)c1cc(C(=O)O)c(N)c(N)n1. The second-order valence-corrected chi connectivity index (χ2v) is 3.35. The number of carboxylic acids is 1. The Kier molecular flexibility index (Phi) is 2.60. The van der Waals surface area contributed by atoms with Crippen molar-refractivity contribution < 1.29 is 9.90 Å². The zero-order valence-corrected chi connectivity index (χ0v) is 8.11. The normalized spacial score (nSPS) is 10.5. The van der Waals surface area contributed by atoms with Crippen LogP contribution in [0.25, 0.3) is 0 Å². The maximum Gasteiger partial charge on any atom is 0.338 e. The molecule has 0 fully saturated rings. The van der Waals surface area contributed by atoms with Gasteiger partial charge in [-0.1, -0.05) is 13.8 Å². The van der Waals surface area contributed by atoms with Crippen LogP contribution in [0.4, 0.5) is 11.5 Å². The highest BCUT2D eigenvalue weighted by atomic mass is 16.4. The van der Waals surface area contributed by atoms with Gasteiger partial charge in [-0.25, -0.2) is 9.78 Å². The number of nitrogen functional groups attached to an aromatic ring is 2. The van der Waals surface area contributed by atoms with Gasteiger partial charge in [-0.05, 0) is 12.0 Å². The molecule has 0 saturated heterocycles. The van der Waals surface area contributed by atoms with Crippen molar-refractivity contribution >= 4 is 17.5 Å². The quantitative estimate of drug-likeness (QED) is 0.655. The van der Waals surface area contributed by atoms with Crippen LogP contribution in [-0.4, -0.2) is 16.1 Å². The van der Waals surface area contributed by atoms with Crippen molar-refractivity contribution in [3.63, 3.8) is 0 Å². The van der Waals surface area contributed by atoms with Gasteiger partial charge in [-0.15, -0.1) is 0 Å². The molecular formula is C9H13N3O2. The Labute approximate surface area is 81.7 Å². The minimum Gasteiger partial charge on any atom is -0.478 e. The Hall–Kier alpha value is -1.78. The van der Waals surface area contributed by atoms with E-state index in [1.54, 1.807) is 0 Å². The van der Waals surface area contributed by atoms with Gasteiger partial charge in [-0.2, -0.15) is 0 Å². The second kappa shape index (κ2) is 3.53. The Morgan fingerprint density at radius 3 is 2.50 bits per heavy atom. The number of aromatic carboxylic acids is 1. The van der Waals surface area contributed by atoms with Crippen LogP contribution in [0.3, 0.4) is 0 Å². The third-order valence-corrected chi connectivity index (χ3v) is 1.93. The topological polar surface area (TPSA) is 102 Å². The number of carboxylic acid groups (broad SMARTS) is 1. The lowest BCUT2D eigenvalue weighted by Gasteiger charge is -2.09. The molecule has 0 amide bonds. The van der Waals surface area contributed by atoms with E-state index in [0.29, 0.717) is 5.69 Å². The number of hydrogen-bond donors (Lipinski definition) is 3. The standard InChI is InChI=1S/C9H13N3O2/c1-4(2)6-3-5(9(13)14)7(10)8(11)12-6/h3-4H,10H2,1-2H3,(H2,11,12)(H,13,14). The first-order valence-electron chi connectivity index (χ1n) is 4.22. The number of aromatic nitrogens is 1. The molecule has 0 radical (unpaired) electrons. The van der Waals surface area contributed by atoms with E-state index in [0.717, 1.165) is 0 Å². The Bertz CT molecular complexity index is 375. The van der Waals surface area contributed by atoms with Crippen LogP contribution in [0.2, 0.25) is 0 Å². The molecule has 0 aliphatic rings. The molecule has 14 heavy (non-hydrogen) atoms. The van der Waals surface area contributed by atoms with E-state index in [4.69, 9.17) is 16.6 Å². The van der Waals surface area contributed by atoms with Crippen molar-refractivity contribution in [3.05, 3.63) is 17.3 Å². The van der Waals surface area contributed by atoms with Gasteiger partial charge in [0.15, 0.2) is 0 Å². The van der Waals surface area contributed by atoms with Crippen LogP contribution in [-0.2, 0) is 0 Å². The third-order valence-electron chi connectivity index (χ3n) is 1.93. The van der Waals surface area contributed by atoms with Crippen molar-refractivity contribution in [1.82, 2.24) is 4.98 Å². The van der Waals surface area contributed by atoms with E-state index in [-0.39, 0.29) is 23.0 Å². The maximum atomic E-state index is 10.8. The molecule has 0 aliphatic carbocycles. The molecular weight excluding hydrogens is 182 g/mol. The summed E-state index contributed by atoms with van der Waals surface area (Å²) in [5, 5.41) is 8.83. The van der Waals surface area contributed by atoms with Crippen molar-refractivity contribution in [1.29, 1.82) is 0 Å². The number of hydrogen-bond acceptors (Lipinski definition) is 4. The van der Waals surface area contributed by atoms with Gasteiger partial charge in [0.1, 0.15) is 5.82 Å². The predicted octanol–water partition coefficient (Wildman–Crippen LogP) is 1.07. The monoisotopic (exact) mass is 195 g/mol. The molecule has 0 aromatic carbocycles. The van der Waals surface area contributed by atoms with Crippen molar-refractivity contribution in [3.8, 4) is 0 Å². The largest absolute Gasteiger partial charge is 0.478 e. The first-order chi connectivity index (χ1) is 6.43. The molecule has 76 valence electrons. The number of nitrogens with two attached hydrogens (primary N) is 2. The highest BCUT2D eigenvalue weighted by Crippen LogP contribution is 2.23. The Balaban J connectivity index is 3.35. The highest BCUT2D eigenvalue weighted by Gasteiger charge is 2.14. The summed E-state index contributed by atoms with van der Waals surface area (Å²) in [7, 11) is 0. The van der Waals surface area contributed by atoms with Gasteiger partial charge in [0.05, 0.1) is 11.3 Å². The Morgan fingerprint density at radius 1 is 1.50 bits per heavy atom. The lowest BCUT2D eigenvalue weighted by molar-refractivity contribution is 0.0698. The summed E-state index contributed by atoms with van der Waals surface area (Å²) in [4.78, 5) is 14.8. The van der Waals surface area contributed by atoms with Crippen molar-refractivity contribution in [2.45, 2.75) is 19.8 Å². The van der Waals surface area contributed by atoms with Crippen LogP contribution in [0, 0.1) is 0 Å². The van der Waals surface area contributed by atoms with Gasteiger partial charge in [0, 0.05) is 5.69 Å². The van der Waals surface area contributed by atoms with E-state index in [1.165, 1.54) is 6.07 Å². The van der Waals surface area contributed by atoms with Crippen LogP contribution < -0.4 is 11.5 Å². The van der Waals surface area contributed by atoms with E-state index in [2.05, 4.69) is 4.98 Å². The van der Waals surface area contributed by atoms with Crippen molar-refractivity contribution in [2.75, 3.05) is 11.5 Å². The summed E-state index contributed by atoms with van der Waals surface area (Å²) >= 11 is 0. The summed E-state index contributed by atoms with van der Waals surface area (Å²) in [5.41, 5.74) is 11.7. The summed E-state index contributed by atoms with van der Waals surface area (Å²) in [6.07, 6.45) is 0. The molecule has 0 spiro atoms. The third kappa shape index (κ3) is 1.76.